The fourth-order valence-corrected chi connectivity index (χ4v) is 1.79. The van der Waals surface area contributed by atoms with Gasteiger partial charge in [0, 0.05) is 13.2 Å². The van der Waals surface area contributed by atoms with Gasteiger partial charge < -0.3 is 10.6 Å². The van der Waals surface area contributed by atoms with Crippen molar-refractivity contribution in [2.75, 3.05) is 7.05 Å². The van der Waals surface area contributed by atoms with Crippen LogP contribution in [0.3, 0.4) is 0 Å². The number of nitrogens with one attached hydrogen (secondary N) is 3. The van der Waals surface area contributed by atoms with Crippen LogP contribution in [0.1, 0.15) is 24.2 Å². The molecule has 2 aromatic rings. The molecule has 3 N–H and O–H groups in total. The molecule has 0 amide bonds. The van der Waals surface area contributed by atoms with Crippen LogP contribution in [0, 0.1) is 0 Å². The third-order valence-electron chi connectivity index (χ3n) is 2.88. The van der Waals surface area contributed by atoms with E-state index < -0.39 is 0 Å². The second-order valence-corrected chi connectivity index (χ2v) is 4.28. The van der Waals surface area contributed by atoms with Crippen molar-refractivity contribution in [3.8, 4) is 0 Å². The molecule has 2 rings (SSSR count). The molecule has 0 aliphatic carbocycles. The molecule has 19 heavy (non-hydrogen) atoms. The monoisotopic (exact) mass is 257 g/mol. The number of aliphatic imine (C=N–C) groups is 1. The fourth-order valence-electron chi connectivity index (χ4n) is 1.79. The lowest BCUT2D eigenvalue weighted by molar-refractivity contribution is 0.682. The third-order valence-corrected chi connectivity index (χ3v) is 2.88. The highest BCUT2D eigenvalue weighted by molar-refractivity contribution is 5.80. The highest BCUT2D eigenvalue weighted by Crippen LogP contribution is 2.10. The summed E-state index contributed by atoms with van der Waals surface area (Å²) in [5.41, 5.74) is 2.25. The summed E-state index contributed by atoms with van der Waals surface area (Å²) >= 11 is 0. The Kier molecular flexibility index (Phi) is 4.55. The lowest BCUT2D eigenvalue weighted by Gasteiger charge is -2.17. The summed E-state index contributed by atoms with van der Waals surface area (Å²) in [7, 11) is 1.76. The van der Waals surface area contributed by atoms with Crippen LogP contribution >= 0.6 is 0 Å². The molecular weight excluding hydrogens is 238 g/mol. The van der Waals surface area contributed by atoms with Crippen molar-refractivity contribution in [2.24, 2.45) is 4.99 Å². The summed E-state index contributed by atoms with van der Waals surface area (Å²) in [6, 6.07) is 12.4. The van der Waals surface area contributed by atoms with E-state index in [2.05, 4.69) is 44.9 Å². The molecule has 0 aliphatic heterocycles. The van der Waals surface area contributed by atoms with Gasteiger partial charge in [-0.25, -0.2) is 0 Å². The van der Waals surface area contributed by atoms with E-state index in [4.69, 9.17) is 0 Å². The van der Waals surface area contributed by atoms with Crippen molar-refractivity contribution in [1.82, 2.24) is 20.8 Å². The highest BCUT2D eigenvalue weighted by atomic mass is 15.2. The minimum absolute atomic E-state index is 0.203. The van der Waals surface area contributed by atoms with Crippen molar-refractivity contribution < 1.29 is 0 Å². The average Bonchev–Trinajstić information content (AvgIpc) is 2.97. The number of aromatic nitrogens is 2. The zero-order valence-electron chi connectivity index (χ0n) is 11.2. The molecule has 0 saturated heterocycles. The first-order valence-corrected chi connectivity index (χ1v) is 6.30. The van der Waals surface area contributed by atoms with Crippen LogP contribution < -0.4 is 10.6 Å². The molecule has 1 atom stereocenters. The molecule has 1 heterocycles. The predicted octanol–water partition coefficient (Wildman–Crippen LogP) is 1.84. The predicted molar refractivity (Wildman–Crippen MR) is 76.8 cm³/mol. The van der Waals surface area contributed by atoms with Crippen molar-refractivity contribution in [3.05, 3.63) is 53.9 Å². The maximum Gasteiger partial charge on any atom is 0.191 e. The number of aromatic amines is 1. The van der Waals surface area contributed by atoms with Gasteiger partial charge in [-0.2, -0.15) is 5.10 Å². The lowest BCUT2D eigenvalue weighted by atomic mass is 10.1. The molecule has 5 nitrogen and oxygen atoms in total. The minimum Gasteiger partial charge on any atom is -0.351 e. The Bertz CT molecular complexity index is 504. The summed E-state index contributed by atoms with van der Waals surface area (Å²) in [5.74, 6) is 0.769. The summed E-state index contributed by atoms with van der Waals surface area (Å²) in [4.78, 5) is 4.21. The Hall–Kier alpha value is -2.30. The van der Waals surface area contributed by atoms with E-state index in [1.165, 1.54) is 5.56 Å². The van der Waals surface area contributed by atoms with Crippen LogP contribution in [0.2, 0.25) is 0 Å². The van der Waals surface area contributed by atoms with Crippen LogP contribution in [0.15, 0.2) is 47.6 Å². The van der Waals surface area contributed by atoms with E-state index in [0.29, 0.717) is 6.54 Å². The zero-order chi connectivity index (χ0) is 13.5. The van der Waals surface area contributed by atoms with E-state index in [-0.39, 0.29) is 6.04 Å². The van der Waals surface area contributed by atoms with E-state index in [0.717, 1.165) is 11.7 Å². The van der Waals surface area contributed by atoms with Gasteiger partial charge in [0.2, 0.25) is 0 Å². The van der Waals surface area contributed by atoms with Gasteiger partial charge in [-0.05, 0) is 18.6 Å². The molecule has 0 radical (unpaired) electrons. The number of H-pyrrole nitrogens is 1. The van der Waals surface area contributed by atoms with E-state index in [9.17, 15) is 0 Å². The molecule has 100 valence electrons. The molecule has 1 unspecified atom stereocenters. The van der Waals surface area contributed by atoms with Gasteiger partial charge in [0.1, 0.15) is 0 Å². The number of hydrogen-bond donors (Lipinski definition) is 3. The van der Waals surface area contributed by atoms with Crippen LogP contribution in [0.25, 0.3) is 0 Å². The SMILES string of the molecule is CN=C(NCc1ccn[nH]1)NC(C)c1ccccc1. The van der Waals surface area contributed by atoms with E-state index >= 15 is 0 Å². The smallest absolute Gasteiger partial charge is 0.191 e. The molecule has 1 aromatic heterocycles. The van der Waals surface area contributed by atoms with Crippen molar-refractivity contribution in [3.63, 3.8) is 0 Å². The molecule has 1 aromatic carbocycles. The molecule has 0 aliphatic rings. The maximum absolute atomic E-state index is 4.21. The third kappa shape index (κ3) is 3.84. The van der Waals surface area contributed by atoms with E-state index in [1.54, 1.807) is 13.2 Å². The van der Waals surface area contributed by atoms with Crippen molar-refractivity contribution in [1.29, 1.82) is 0 Å². The van der Waals surface area contributed by atoms with Gasteiger partial charge in [0.15, 0.2) is 5.96 Å². The molecule has 0 fully saturated rings. The fraction of sp³-hybridized carbons (Fsp3) is 0.286. The van der Waals surface area contributed by atoms with Gasteiger partial charge in [-0.3, -0.25) is 10.1 Å². The van der Waals surface area contributed by atoms with Gasteiger partial charge >= 0.3 is 0 Å². The molecule has 0 bridgehead atoms. The number of hydrogen-bond acceptors (Lipinski definition) is 2. The number of guanidine groups is 1. The molecule has 0 saturated carbocycles. The van der Waals surface area contributed by atoms with Crippen LogP contribution in [-0.2, 0) is 6.54 Å². The number of rotatable bonds is 4. The Morgan fingerprint density at radius 3 is 2.74 bits per heavy atom. The van der Waals surface area contributed by atoms with Gasteiger partial charge in [-0.1, -0.05) is 30.3 Å². The zero-order valence-corrected chi connectivity index (χ0v) is 11.2. The topological polar surface area (TPSA) is 65.1 Å². The Morgan fingerprint density at radius 1 is 1.32 bits per heavy atom. The summed E-state index contributed by atoms with van der Waals surface area (Å²) in [6.45, 7) is 2.78. The molecule has 5 heteroatoms. The normalized spacial score (nSPS) is 13.1. The Balaban J connectivity index is 1.89. The highest BCUT2D eigenvalue weighted by Gasteiger charge is 2.06. The Morgan fingerprint density at radius 2 is 2.11 bits per heavy atom. The number of nitrogens with zero attached hydrogens (tertiary/aromatic N) is 2. The standard InChI is InChI=1S/C14H19N5/c1-11(12-6-4-3-5-7-12)18-14(15-2)16-10-13-8-9-17-19-13/h3-9,11H,10H2,1-2H3,(H,17,19)(H2,15,16,18). The van der Waals surface area contributed by atoms with Gasteiger partial charge in [-0.15, -0.1) is 0 Å². The minimum atomic E-state index is 0.203. The van der Waals surface area contributed by atoms with E-state index in [1.807, 2.05) is 24.3 Å². The van der Waals surface area contributed by atoms with Crippen molar-refractivity contribution in [2.45, 2.75) is 19.5 Å². The second kappa shape index (κ2) is 6.58. The lowest BCUT2D eigenvalue weighted by Crippen LogP contribution is -2.38. The summed E-state index contributed by atoms with van der Waals surface area (Å²) in [5, 5.41) is 13.4. The van der Waals surface area contributed by atoms with Crippen LogP contribution in [0.5, 0.6) is 0 Å². The first kappa shape index (κ1) is 13.1. The van der Waals surface area contributed by atoms with Gasteiger partial charge in [0.25, 0.3) is 0 Å². The largest absolute Gasteiger partial charge is 0.351 e. The van der Waals surface area contributed by atoms with Crippen molar-refractivity contribution >= 4 is 5.96 Å². The first-order valence-electron chi connectivity index (χ1n) is 6.30. The maximum atomic E-state index is 4.21. The van der Waals surface area contributed by atoms with Crippen LogP contribution in [0.4, 0.5) is 0 Å². The molecular formula is C14H19N5. The van der Waals surface area contributed by atoms with Crippen LogP contribution in [-0.4, -0.2) is 23.2 Å². The summed E-state index contributed by atoms with van der Waals surface area (Å²) in [6.07, 6.45) is 1.74. The summed E-state index contributed by atoms with van der Waals surface area (Å²) < 4.78 is 0. The molecule has 0 spiro atoms. The number of benzene rings is 1. The average molecular weight is 257 g/mol. The first-order chi connectivity index (χ1) is 9.29. The second-order valence-electron chi connectivity index (χ2n) is 4.28. The quantitative estimate of drug-likeness (QED) is 0.578. The Labute approximate surface area is 113 Å². The van der Waals surface area contributed by atoms with Gasteiger partial charge in [0.05, 0.1) is 18.3 Å².